The van der Waals surface area contributed by atoms with Crippen LogP contribution in [0.5, 0.6) is 0 Å². The van der Waals surface area contributed by atoms with E-state index in [1.165, 1.54) is 0 Å². The number of amides is 1. The zero-order valence-electron chi connectivity index (χ0n) is 13.0. The third-order valence-corrected chi connectivity index (χ3v) is 3.62. The molecule has 24 heavy (non-hydrogen) atoms. The van der Waals surface area contributed by atoms with Crippen molar-refractivity contribution in [2.75, 3.05) is 10.6 Å². The van der Waals surface area contributed by atoms with E-state index in [1.807, 2.05) is 19.1 Å². The molecule has 0 saturated carbocycles. The maximum atomic E-state index is 12.4. The number of benzene rings is 1. The van der Waals surface area contributed by atoms with Gasteiger partial charge in [-0.1, -0.05) is 11.6 Å². The number of anilines is 3. The highest BCUT2D eigenvalue weighted by atomic mass is 35.5. The van der Waals surface area contributed by atoms with Crippen molar-refractivity contribution in [2.24, 2.45) is 0 Å². The Labute approximate surface area is 144 Å². The number of carbonyl (C=O) groups excluding carboxylic acids is 1. The van der Waals surface area contributed by atoms with Crippen LogP contribution < -0.4 is 10.6 Å². The molecule has 0 aliphatic carbocycles. The molecule has 6 heteroatoms. The van der Waals surface area contributed by atoms with Crippen molar-refractivity contribution in [1.29, 1.82) is 0 Å². The summed E-state index contributed by atoms with van der Waals surface area (Å²) in [4.78, 5) is 20.6. The molecule has 2 N–H and O–H groups in total. The van der Waals surface area contributed by atoms with E-state index in [0.29, 0.717) is 22.0 Å². The third kappa shape index (κ3) is 3.88. The number of nitrogens with one attached hydrogen (secondary N) is 2. The summed E-state index contributed by atoms with van der Waals surface area (Å²) in [7, 11) is 0. The van der Waals surface area contributed by atoms with Gasteiger partial charge in [0, 0.05) is 28.8 Å². The van der Waals surface area contributed by atoms with E-state index in [2.05, 4.69) is 20.6 Å². The first-order valence-electron chi connectivity index (χ1n) is 7.32. The fourth-order valence-corrected chi connectivity index (χ4v) is 2.21. The number of aromatic nitrogens is 2. The number of hydrogen-bond donors (Lipinski definition) is 2. The molecule has 0 aliphatic heterocycles. The van der Waals surface area contributed by atoms with E-state index >= 15 is 0 Å². The first-order chi connectivity index (χ1) is 11.6. The number of carbonyl (C=O) groups is 1. The molecular weight excluding hydrogens is 324 g/mol. The van der Waals surface area contributed by atoms with E-state index in [1.54, 1.807) is 48.9 Å². The molecule has 0 radical (unpaired) electrons. The topological polar surface area (TPSA) is 66.9 Å². The fraction of sp³-hybridized carbons (Fsp3) is 0.0556. The molecule has 0 bridgehead atoms. The highest BCUT2D eigenvalue weighted by molar-refractivity contribution is 6.30. The second-order valence-corrected chi connectivity index (χ2v) is 5.63. The monoisotopic (exact) mass is 338 g/mol. The lowest BCUT2D eigenvalue weighted by Crippen LogP contribution is -2.13. The molecule has 3 aromatic rings. The minimum Gasteiger partial charge on any atom is -0.353 e. The maximum Gasteiger partial charge on any atom is 0.257 e. The van der Waals surface area contributed by atoms with Crippen molar-refractivity contribution >= 4 is 34.6 Å². The molecule has 0 atom stereocenters. The van der Waals surface area contributed by atoms with Gasteiger partial charge in [0.05, 0.1) is 23.1 Å². The first kappa shape index (κ1) is 16.0. The molecule has 0 fully saturated rings. The minimum atomic E-state index is -0.229. The molecule has 0 spiro atoms. The minimum absolute atomic E-state index is 0.229. The molecule has 0 saturated heterocycles. The molecule has 0 unspecified atom stereocenters. The van der Waals surface area contributed by atoms with Crippen LogP contribution in [0.4, 0.5) is 17.1 Å². The van der Waals surface area contributed by atoms with Gasteiger partial charge in [-0.15, -0.1) is 0 Å². The lowest BCUT2D eigenvalue weighted by Gasteiger charge is -2.12. The van der Waals surface area contributed by atoms with Gasteiger partial charge >= 0.3 is 0 Å². The van der Waals surface area contributed by atoms with E-state index in [-0.39, 0.29) is 5.91 Å². The Kier molecular flexibility index (Phi) is 4.72. The first-order valence-corrected chi connectivity index (χ1v) is 7.70. The predicted molar refractivity (Wildman–Crippen MR) is 95.9 cm³/mol. The summed E-state index contributed by atoms with van der Waals surface area (Å²) in [6.45, 7) is 1.87. The maximum absolute atomic E-state index is 12.4. The molecule has 5 nitrogen and oxygen atoms in total. The van der Waals surface area contributed by atoms with Crippen molar-refractivity contribution in [3.8, 4) is 0 Å². The quantitative estimate of drug-likeness (QED) is 0.738. The van der Waals surface area contributed by atoms with Crippen LogP contribution in [-0.2, 0) is 0 Å². The van der Waals surface area contributed by atoms with Crippen LogP contribution in [0.1, 0.15) is 16.1 Å². The Hall–Kier alpha value is -2.92. The molecule has 1 aromatic carbocycles. The summed E-state index contributed by atoms with van der Waals surface area (Å²) in [5, 5.41) is 6.74. The highest BCUT2D eigenvalue weighted by Gasteiger charge is 2.10. The van der Waals surface area contributed by atoms with Gasteiger partial charge in [-0.05, 0) is 49.4 Å². The van der Waals surface area contributed by atoms with Crippen LogP contribution in [0, 0.1) is 6.92 Å². The molecule has 120 valence electrons. The number of rotatable bonds is 4. The SMILES string of the molecule is Cc1ccc(C(=O)Nc2ccncc2Nc2ccc(Cl)cc2)cn1. The number of nitrogens with zero attached hydrogens (tertiary/aromatic N) is 2. The van der Waals surface area contributed by atoms with Gasteiger partial charge in [0.15, 0.2) is 0 Å². The van der Waals surface area contributed by atoms with Crippen LogP contribution in [0.25, 0.3) is 0 Å². The van der Waals surface area contributed by atoms with Gasteiger partial charge in [-0.2, -0.15) is 0 Å². The number of pyridine rings is 2. The normalized spacial score (nSPS) is 10.2. The smallest absolute Gasteiger partial charge is 0.257 e. The zero-order chi connectivity index (χ0) is 16.9. The molecule has 1 amide bonds. The average molecular weight is 339 g/mol. The van der Waals surface area contributed by atoms with Gasteiger partial charge in [0.1, 0.15) is 0 Å². The molecule has 3 rings (SSSR count). The number of hydrogen-bond acceptors (Lipinski definition) is 4. The van der Waals surface area contributed by atoms with Crippen LogP contribution in [0.15, 0.2) is 61.1 Å². The van der Waals surface area contributed by atoms with Gasteiger partial charge in [-0.25, -0.2) is 0 Å². The lowest BCUT2D eigenvalue weighted by molar-refractivity contribution is 0.102. The molecule has 2 aromatic heterocycles. The Morgan fingerprint density at radius 2 is 1.79 bits per heavy atom. The van der Waals surface area contributed by atoms with Crippen LogP contribution in [-0.4, -0.2) is 15.9 Å². The Balaban J connectivity index is 1.79. The summed E-state index contributed by atoms with van der Waals surface area (Å²) >= 11 is 5.89. The number of halogens is 1. The molecular formula is C18H15ClN4O. The van der Waals surface area contributed by atoms with Crippen LogP contribution in [0.3, 0.4) is 0 Å². The summed E-state index contributed by atoms with van der Waals surface area (Å²) in [6, 6.07) is 12.6. The summed E-state index contributed by atoms with van der Waals surface area (Å²) in [5.74, 6) is -0.229. The van der Waals surface area contributed by atoms with E-state index in [0.717, 1.165) is 11.4 Å². The van der Waals surface area contributed by atoms with Crippen LogP contribution >= 0.6 is 11.6 Å². The summed E-state index contributed by atoms with van der Waals surface area (Å²) < 4.78 is 0. The zero-order valence-corrected chi connectivity index (χ0v) is 13.7. The van der Waals surface area contributed by atoms with Crippen molar-refractivity contribution in [3.63, 3.8) is 0 Å². The van der Waals surface area contributed by atoms with Gasteiger partial charge in [0.25, 0.3) is 5.91 Å². The van der Waals surface area contributed by atoms with E-state index in [9.17, 15) is 4.79 Å². The predicted octanol–water partition coefficient (Wildman–Crippen LogP) is 4.43. The Morgan fingerprint density at radius 1 is 1.00 bits per heavy atom. The van der Waals surface area contributed by atoms with Crippen molar-refractivity contribution in [3.05, 3.63) is 77.3 Å². The van der Waals surface area contributed by atoms with Crippen molar-refractivity contribution in [2.45, 2.75) is 6.92 Å². The fourth-order valence-electron chi connectivity index (χ4n) is 2.09. The Morgan fingerprint density at radius 3 is 2.50 bits per heavy atom. The average Bonchev–Trinajstić information content (AvgIpc) is 2.59. The van der Waals surface area contributed by atoms with E-state index in [4.69, 9.17) is 11.6 Å². The largest absolute Gasteiger partial charge is 0.353 e. The standard InChI is InChI=1S/C18H15ClN4O/c1-12-2-3-13(10-21-12)18(24)23-16-8-9-20-11-17(16)22-15-6-4-14(19)5-7-15/h2-11,22H,1H3,(H,20,23,24). The molecule has 0 aliphatic rings. The molecule has 2 heterocycles. The second kappa shape index (κ2) is 7.10. The number of aryl methyl sites for hydroxylation is 1. The lowest BCUT2D eigenvalue weighted by atomic mass is 10.2. The third-order valence-electron chi connectivity index (χ3n) is 3.37. The van der Waals surface area contributed by atoms with Crippen molar-refractivity contribution in [1.82, 2.24) is 9.97 Å². The van der Waals surface area contributed by atoms with Gasteiger partial charge in [0.2, 0.25) is 0 Å². The summed E-state index contributed by atoms with van der Waals surface area (Å²) in [6.07, 6.45) is 4.83. The Bertz CT molecular complexity index is 848. The van der Waals surface area contributed by atoms with Gasteiger partial charge in [-0.3, -0.25) is 14.8 Å². The second-order valence-electron chi connectivity index (χ2n) is 5.20. The van der Waals surface area contributed by atoms with E-state index < -0.39 is 0 Å². The highest BCUT2D eigenvalue weighted by Crippen LogP contribution is 2.25. The van der Waals surface area contributed by atoms with Gasteiger partial charge < -0.3 is 10.6 Å². The van der Waals surface area contributed by atoms with Crippen molar-refractivity contribution < 1.29 is 4.79 Å². The summed E-state index contributed by atoms with van der Waals surface area (Å²) in [5.41, 5.74) is 3.52. The van der Waals surface area contributed by atoms with Crippen LogP contribution in [0.2, 0.25) is 5.02 Å².